The van der Waals surface area contributed by atoms with Crippen LogP contribution in [0.25, 0.3) is 10.9 Å². The second-order valence-electron chi connectivity index (χ2n) is 5.98. The summed E-state index contributed by atoms with van der Waals surface area (Å²) in [7, 11) is 0. The van der Waals surface area contributed by atoms with Crippen LogP contribution in [0.2, 0.25) is 0 Å². The number of rotatable bonds is 2. The van der Waals surface area contributed by atoms with Crippen molar-refractivity contribution in [3.63, 3.8) is 0 Å². The highest BCUT2D eigenvalue weighted by Gasteiger charge is 2.28. The first kappa shape index (κ1) is 15.2. The van der Waals surface area contributed by atoms with Crippen LogP contribution in [0.1, 0.15) is 24.2 Å². The van der Waals surface area contributed by atoms with Crippen LogP contribution in [0.4, 0.5) is 0 Å². The van der Waals surface area contributed by atoms with E-state index >= 15 is 0 Å². The van der Waals surface area contributed by atoms with Gasteiger partial charge in [0.2, 0.25) is 5.43 Å². The molecule has 1 aromatic carbocycles. The molecular weight excluding hydrogens is 296 g/mol. The van der Waals surface area contributed by atoms with Gasteiger partial charge < -0.3 is 9.88 Å². The molecule has 3 rings (SSSR count). The lowest BCUT2D eigenvalue weighted by atomic mass is 10.1. The van der Waals surface area contributed by atoms with Gasteiger partial charge in [-0.05, 0) is 18.1 Å². The number of amides is 1. The number of benzene rings is 1. The van der Waals surface area contributed by atoms with Crippen LogP contribution < -0.4 is 5.43 Å². The SMILES string of the molecule is CC(C)[C@H]1CN(C(=O)c2c[nH]c3ccccc3c2=O)CCS1. The van der Waals surface area contributed by atoms with E-state index in [0.717, 1.165) is 11.3 Å². The van der Waals surface area contributed by atoms with Gasteiger partial charge in [0.05, 0.1) is 0 Å². The molecule has 1 amide bonds. The first-order chi connectivity index (χ1) is 10.6. The average molecular weight is 316 g/mol. The smallest absolute Gasteiger partial charge is 0.259 e. The standard InChI is InChI=1S/C17H20N2O2S/c1-11(2)15-10-19(7-8-22-15)17(21)13-9-18-14-6-4-3-5-12(14)16(13)20/h3-6,9,11,15H,7-8,10H2,1-2H3,(H,18,20)/t15-/m1/s1. The number of hydrogen-bond acceptors (Lipinski definition) is 3. The fourth-order valence-corrected chi connectivity index (χ4v) is 4.06. The Balaban J connectivity index is 1.92. The van der Waals surface area contributed by atoms with E-state index in [1.54, 1.807) is 12.3 Å². The minimum atomic E-state index is -0.182. The number of fused-ring (bicyclic) bond motifs is 1. The average Bonchev–Trinajstić information content (AvgIpc) is 2.55. The zero-order chi connectivity index (χ0) is 15.7. The Morgan fingerprint density at radius 1 is 1.36 bits per heavy atom. The van der Waals surface area contributed by atoms with Crippen LogP contribution in [-0.2, 0) is 0 Å². The predicted octanol–water partition coefficient (Wildman–Crippen LogP) is 2.74. The number of nitrogens with zero attached hydrogens (tertiary/aromatic N) is 1. The number of thioether (sulfide) groups is 1. The molecule has 0 aliphatic carbocycles. The third kappa shape index (κ3) is 2.77. The summed E-state index contributed by atoms with van der Waals surface area (Å²) in [6.45, 7) is 5.77. The van der Waals surface area contributed by atoms with Crippen molar-refractivity contribution in [2.24, 2.45) is 5.92 Å². The lowest BCUT2D eigenvalue weighted by Crippen LogP contribution is -2.44. The fraction of sp³-hybridized carbons (Fsp3) is 0.412. The maximum absolute atomic E-state index is 12.7. The predicted molar refractivity (Wildman–Crippen MR) is 91.6 cm³/mol. The van der Waals surface area contributed by atoms with Crippen LogP contribution >= 0.6 is 11.8 Å². The highest BCUT2D eigenvalue weighted by molar-refractivity contribution is 8.00. The Kier molecular flexibility index (Phi) is 4.25. The summed E-state index contributed by atoms with van der Waals surface area (Å²) in [5.74, 6) is 1.30. The first-order valence-electron chi connectivity index (χ1n) is 7.59. The fourth-order valence-electron chi connectivity index (χ4n) is 2.76. The highest BCUT2D eigenvalue weighted by atomic mass is 32.2. The molecule has 5 heteroatoms. The maximum atomic E-state index is 12.7. The van der Waals surface area contributed by atoms with Crippen LogP contribution in [0.15, 0.2) is 35.3 Å². The third-order valence-corrected chi connectivity index (χ3v) is 5.68. The van der Waals surface area contributed by atoms with Gasteiger partial charge in [0, 0.05) is 41.2 Å². The molecule has 0 spiro atoms. The van der Waals surface area contributed by atoms with Crippen LogP contribution in [0.3, 0.4) is 0 Å². The van der Waals surface area contributed by atoms with Crippen molar-refractivity contribution in [1.29, 1.82) is 0 Å². The molecule has 1 N–H and O–H groups in total. The summed E-state index contributed by atoms with van der Waals surface area (Å²) in [5, 5.41) is 1.01. The summed E-state index contributed by atoms with van der Waals surface area (Å²) in [6, 6.07) is 7.29. The molecule has 4 nitrogen and oxygen atoms in total. The molecule has 2 heterocycles. The second-order valence-corrected chi connectivity index (χ2v) is 7.33. The zero-order valence-electron chi connectivity index (χ0n) is 12.8. The number of aromatic amines is 1. The molecule has 0 bridgehead atoms. The molecule has 0 unspecified atom stereocenters. The van der Waals surface area contributed by atoms with E-state index in [4.69, 9.17) is 0 Å². The molecule has 22 heavy (non-hydrogen) atoms. The minimum Gasteiger partial charge on any atom is -0.360 e. The van der Waals surface area contributed by atoms with Crippen LogP contribution in [-0.4, -0.2) is 39.9 Å². The maximum Gasteiger partial charge on any atom is 0.259 e. The van der Waals surface area contributed by atoms with Gasteiger partial charge in [0.25, 0.3) is 5.91 Å². The molecule has 1 atom stereocenters. The van der Waals surface area contributed by atoms with E-state index in [1.165, 1.54) is 0 Å². The Hall–Kier alpha value is -1.75. The molecule has 116 valence electrons. The summed E-state index contributed by atoms with van der Waals surface area (Å²) in [5.41, 5.74) is 0.824. The zero-order valence-corrected chi connectivity index (χ0v) is 13.7. The Bertz CT molecular complexity index is 754. The molecule has 0 radical (unpaired) electrons. The van der Waals surface area contributed by atoms with Crippen molar-refractivity contribution in [1.82, 2.24) is 9.88 Å². The van der Waals surface area contributed by atoms with Crippen molar-refractivity contribution in [3.8, 4) is 0 Å². The third-order valence-electron chi connectivity index (χ3n) is 4.14. The van der Waals surface area contributed by atoms with E-state index in [1.807, 2.05) is 34.9 Å². The summed E-state index contributed by atoms with van der Waals surface area (Å²) in [4.78, 5) is 30.2. The number of carbonyl (C=O) groups excluding carboxylic acids is 1. The number of pyridine rings is 1. The summed E-state index contributed by atoms with van der Waals surface area (Å²) >= 11 is 1.91. The second kappa shape index (κ2) is 6.16. The van der Waals surface area contributed by atoms with E-state index in [2.05, 4.69) is 18.8 Å². The minimum absolute atomic E-state index is 0.155. The van der Waals surface area contributed by atoms with Gasteiger partial charge >= 0.3 is 0 Å². The number of para-hydroxylation sites is 1. The largest absolute Gasteiger partial charge is 0.360 e. The number of nitrogens with one attached hydrogen (secondary N) is 1. The van der Waals surface area contributed by atoms with Crippen LogP contribution in [0.5, 0.6) is 0 Å². The van der Waals surface area contributed by atoms with Crippen molar-refractivity contribution in [2.45, 2.75) is 19.1 Å². The number of H-pyrrole nitrogens is 1. The van der Waals surface area contributed by atoms with Crippen molar-refractivity contribution < 1.29 is 4.79 Å². The Labute approximate surface area is 133 Å². The van der Waals surface area contributed by atoms with Gasteiger partial charge in [0.15, 0.2) is 0 Å². The molecule has 1 fully saturated rings. The molecule has 1 aliphatic rings. The summed E-state index contributed by atoms with van der Waals surface area (Å²) < 4.78 is 0. The number of aromatic nitrogens is 1. The summed E-state index contributed by atoms with van der Waals surface area (Å²) in [6.07, 6.45) is 1.55. The molecule has 1 aromatic heterocycles. The van der Waals surface area contributed by atoms with Crippen molar-refractivity contribution in [2.75, 3.05) is 18.8 Å². The Morgan fingerprint density at radius 2 is 2.14 bits per heavy atom. The lowest BCUT2D eigenvalue weighted by Gasteiger charge is -2.34. The number of carbonyl (C=O) groups is 1. The first-order valence-corrected chi connectivity index (χ1v) is 8.64. The molecular formula is C17H20N2O2S. The van der Waals surface area contributed by atoms with E-state index in [-0.39, 0.29) is 16.9 Å². The van der Waals surface area contributed by atoms with Crippen LogP contribution in [0, 0.1) is 5.92 Å². The molecule has 1 aliphatic heterocycles. The van der Waals surface area contributed by atoms with Gasteiger partial charge in [-0.2, -0.15) is 11.8 Å². The number of hydrogen-bond donors (Lipinski definition) is 1. The topological polar surface area (TPSA) is 53.2 Å². The Morgan fingerprint density at radius 3 is 2.91 bits per heavy atom. The molecule has 0 saturated carbocycles. The van der Waals surface area contributed by atoms with E-state index in [9.17, 15) is 9.59 Å². The van der Waals surface area contributed by atoms with Gasteiger partial charge in [-0.1, -0.05) is 26.0 Å². The molecule has 2 aromatic rings. The van der Waals surface area contributed by atoms with Gasteiger partial charge in [0.1, 0.15) is 5.56 Å². The lowest BCUT2D eigenvalue weighted by molar-refractivity contribution is 0.0754. The van der Waals surface area contributed by atoms with Gasteiger partial charge in [-0.25, -0.2) is 0 Å². The van der Waals surface area contributed by atoms with Crippen molar-refractivity contribution in [3.05, 3.63) is 46.2 Å². The monoisotopic (exact) mass is 316 g/mol. The molecule has 1 saturated heterocycles. The quantitative estimate of drug-likeness (QED) is 0.927. The normalized spacial score (nSPS) is 18.9. The van der Waals surface area contributed by atoms with E-state index < -0.39 is 0 Å². The van der Waals surface area contributed by atoms with Gasteiger partial charge in [-0.15, -0.1) is 0 Å². The van der Waals surface area contributed by atoms with Crippen molar-refractivity contribution >= 4 is 28.6 Å². The van der Waals surface area contributed by atoms with Gasteiger partial charge in [-0.3, -0.25) is 9.59 Å². The highest BCUT2D eigenvalue weighted by Crippen LogP contribution is 2.25. The van der Waals surface area contributed by atoms with E-state index in [0.29, 0.717) is 29.6 Å².